The summed E-state index contributed by atoms with van der Waals surface area (Å²) >= 11 is 0. The summed E-state index contributed by atoms with van der Waals surface area (Å²) in [7, 11) is 0. The number of carbonyl (C=O) groups is 3. The van der Waals surface area contributed by atoms with Crippen LogP contribution in [0.2, 0.25) is 0 Å². The number of hydrogen-bond donors (Lipinski definition) is 1. The second-order valence-electron chi connectivity index (χ2n) is 11.9. The van der Waals surface area contributed by atoms with Crippen LogP contribution in [0.25, 0.3) is 6.08 Å². The fraction of sp³-hybridized carbons (Fsp3) is 0.424. The van der Waals surface area contributed by atoms with E-state index in [1.54, 1.807) is 20.8 Å². The Balaban J connectivity index is 1.93. The first-order valence-corrected chi connectivity index (χ1v) is 13.6. The summed E-state index contributed by atoms with van der Waals surface area (Å²) < 4.78 is 5.35. The number of alkyl carbamates (subject to hydrolysis) is 1. The second kappa shape index (κ2) is 12.0. The third-order valence-corrected chi connectivity index (χ3v) is 7.27. The van der Waals surface area contributed by atoms with E-state index in [4.69, 9.17) is 4.74 Å². The number of carbonyl (C=O) groups excluding carboxylic acids is 3. The van der Waals surface area contributed by atoms with Crippen LogP contribution in [0, 0.1) is 5.41 Å². The number of benzene rings is 1. The van der Waals surface area contributed by atoms with Gasteiger partial charge in [0.2, 0.25) is 0 Å². The van der Waals surface area contributed by atoms with E-state index in [0.717, 1.165) is 24.0 Å². The third-order valence-electron chi connectivity index (χ3n) is 7.27. The lowest BCUT2D eigenvalue weighted by molar-refractivity contribution is -0.140. The van der Waals surface area contributed by atoms with Gasteiger partial charge in [0.15, 0.2) is 0 Å². The van der Waals surface area contributed by atoms with Gasteiger partial charge in [-0.2, -0.15) is 0 Å². The van der Waals surface area contributed by atoms with E-state index >= 15 is 0 Å². The minimum absolute atomic E-state index is 0.120. The van der Waals surface area contributed by atoms with Crippen molar-refractivity contribution in [2.45, 2.75) is 78.9 Å². The highest BCUT2D eigenvalue weighted by molar-refractivity contribution is 6.22. The van der Waals surface area contributed by atoms with Gasteiger partial charge in [0.1, 0.15) is 5.60 Å². The molecule has 0 saturated heterocycles. The van der Waals surface area contributed by atoms with Crippen LogP contribution in [-0.2, 0) is 14.3 Å². The molecule has 0 spiro atoms. The lowest BCUT2D eigenvalue weighted by Crippen LogP contribution is -2.39. The van der Waals surface area contributed by atoms with Gasteiger partial charge in [0.25, 0.3) is 11.8 Å². The molecule has 39 heavy (non-hydrogen) atoms. The molecular formula is C33H42N2O4. The van der Waals surface area contributed by atoms with E-state index in [0.29, 0.717) is 6.42 Å². The van der Waals surface area contributed by atoms with E-state index in [1.165, 1.54) is 34.6 Å². The van der Waals surface area contributed by atoms with Gasteiger partial charge >= 0.3 is 6.09 Å². The Hall–Kier alpha value is -3.67. The number of hydrogen-bond acceptors (Lipinski definition) is 4. The van der Waals surface area contributed by atoms with Crippen molar-refractivity contribution in [1.82, 2.24) is 10.2 Å². The summed E-state index contributed by atoms with van der Waals surface area (Å²) in [5.41, 5.74) is 4.50. The van der Waals surface area contributed by atoms with Crippen molar-refractivity contribution >= 4 is 24.0 Å². The van der Waals surface area contributed by atoms with Crippen molar-refractivity contribution in [1.29, 1.82) is 0 Å². The van der Waals surface area contributed by atoms with Crippen LogP contribution >= 0.6 is 0 Å². The Morgan fingerprint density at radius 2 is 1.77 bits per heavy atom. The minimum Gasteiger partial charge on any atom is -0.444 e. The van der Waals surface area contributed by atoms with E-state index in [2.05, 4.69) is 51.4 Å². The average molecular weight is 531 g/mol. The molecule has 3 amide bonds. The van der Waals surface area contributed by atoms with Crippen molar-refractivity contribution in [3.05, 3.63) is 89.1 Å². The molecule has 6 nitrogen and oxygen atoms in total. The number of ether oxygens (including phenoxy) is 1. The molecule has 1 heterocycles. The quantitative estimate of drug-likeness (QED) is 0.342. The molecule has 208 valence electrons. The monoisotopic (exact) mass is 530 g/mol. The number of nitrogens with one attached hydrogen (secondary N) is 1. The molecule has 2 aliphatic rings. The average Bonchev–Trinajstić information content (AvgIpc) is 3.08. The molecule has 1 N–H and O–H groups in total. The molecular weight excluding hydrogens is 488 g/mol. The smallest absolute Gasteiger partial charge is 0.407 e. The maximum absolute atomic E-state index is 13.3. The van der Waals surface area contributed by atoms with Crippen LogP contribution in [0.3, 0.4) is 0 Å². The molecule has 0 fully saturated rings. The fourth-order valence-electron chi connectivity index (χ4n) is 5.39. The van der Waals surface area contributed by atoms with Crippen LogP contribution in [0.5, 0.6) is 0 Å². The summed E-state index contributed by atoms with van der Waals surface area (Å²) in [6.45, 7) is 19.8. The zero-order chi connectivity index (χ0) is 29.0. The molecule has 6 heteroatoms. The van der Waals surface area contributed by atoms with Crippen molar-refractivity contribution < 1.29 is 19.1 Å². The molecule has 3 rings (SSSR count). The Morgan fingerprint density at radius 3 is 2.33 bits per heavy atom. The van der Waals surface area contributed by atoms with Crippen LogP contribution in [-0.4, -0.2) is 35.0 Å². The van der Waals surface area contributed by atoms with Gasteiger partial charge in [-0.05, 0) is 81.6 Å². The summed E-state index contributed by atoms with van der Waals surface area (Å²) in [5.74, 6) is -0.837. The minimum atomic E-state index is -0.632. The summed E-state index contributed by atoms with van der Waals surface area (Å²) in [6, 6.07) is 7.24. The normalized spacial score (nSPS) is 18.6. The fourth-order valence-corrected chi connectivity index (χ4v) is 5.39. The van der Waals surface area contributed by atoms with Gasteiger partial charge in [-0.15, -0.1) is 0 Å². The van der Waals surface area contributed by atoms with Crippen molar-refractivity contribution in [2.24, 2.45) is 5.41 Å². The molecule has 1 aliphatic carbocycles. The first kappa shape index (κ1) is 29.9. The van der Waals surface area contributed by atoms with E-state index < -0.39 is 29.6 Å². The molecule has 0 radical (unpaired) electrons. The van der Waals surface area contributed by atoms with Crippen LogP contribution in [0.4, 0.5) is 4.79 Å². The molecule has 1 aromatic rings. The Kier molecular flexibility index (Phi) is 9.21. The van der Waals surface area contributed by atoms with Gasteiger partial charge in [0, 0.05) is 6.54 Å². The standard InChI is InChI=1S/C33H42N2O4/c1-9-25-26(10-2)30(37)35(29(25)36)28(18-20-34-31(38)39-32(4,5)6)24-15-11-14-23(21-24)16-17-27-22(3)13-12-19-33(27,7)8/h9-11,14-17,21,28H,1-2,12-13,18-20H2,3-8H3,(H,34,38)/b17-16+. The number of nitrogens with zero attached hydrogens (tertiary/aromatic N) is 1. The lowest BCUT2D eigenvalue weighted by Gasteiger charge is -2.33. The molecule has 1 atom stereocenters. The first-order chi connectivity index (χ1) is 18.3. The summed E-state index contributed by atoms with van der Waals surface area (Å²) in [5, 5.41) is 2.76. The van der Waals surface area contributed by atoms with Gasteiger partial charge in [-0.25, -0.2) is 4.79 Å². The van der Waals surface area contributed by atoms with E-state index in [1.807, 2.05) is 24.3 Å². The molecule has 0 bridgehead atoms. The van der Waals surface area contributed by atoms with Crippen molar-refractivity contribution in [3.8, 4) is 0 Å². The van der Waals surface area contributed by atoms with E-state index in [-0.39, 0.29) is 23.1 Å². The van der Waals surface area contributed by atoms with Crippen LogP contribution < -0.4 is 5.32 Å². The van der Waals surface area contributed by atoms with Gasteiger partial charge in [0.05, 0.1) is 17.2 Å². The highest BCUT2D eigenvalue weighted by atomic mass is 16.6. The Morgan fingerprint density at radius 1 is 1.13 bits per heavy atom. The van der Waals surface area contributed by atoms with Crippen molar-refractivity contribution in [2.75, 3.05) is 6.54 Å². The molecule has 0 saturated carbocycles. The van der Waals surface area contributed by atoms with Crippen LogP contribution in [0.15, 0.2) is 77.9 Å². The first-order valence-electron chi connectivity index (χ1n) is 13.6. The maximum atomic E-state index is 13.3. The SMILES string of the molecule is C=CC1=C(C=C)C(=O)N(C(CCNC(=O)OC(C)(C)C)c2cccc(/C=C/C3=C(C)CCCC3(C)C)c2)C1=O. The maximum Gasteiger partial charge on any atom is 0.407 e. The predicted molar refractivity (Wildman–Crippen MR) is 157 cm³/mol. The highest BCUT2D eigenvalue weighted by Gasteiger charge is 2.40. The highest BCUT2D eigenvalue weighted by Crippen LogP contribution is 2.41. The number of amides is 3. The molecule has 1 aliphatic heterocycles. The number of rotatable bonds is 9. The number of imide groups is 1. The van der Waals surface area contributed by atoms with E-state index in [9.17, 15) is 14.4 Å². The number of allylic oxidation sites excluding steroid dienone is 3. The second-order valence-corrected chi connectivity index (χ2v) is 11.9. The third kappa shape index (κ3) is 7.05. The molecule has 1 unspecified atom stereocenters. The Labute approximate surface area is 233 Å². The van der Waals surface area contributed by atoms with Crippen molar-refractivity contribution in [3.63, 3.8) is 0 Å². The van der Waals surface area contributed by atoms with Gasteiger partial charge in [-0.1, -0.05) is 75.1 Å². The van der Waals surface area contributed by atoms with Gasteiger partial charge in [-0.3, -0.25) is 14.5 Å². The lowest BCUT2D eigenvalue weighted by atomic mass is 9.72. The zero-order valence-electron chi connectivity index (χ0n) is 24.2. The topological polar surface area (TPSA) is 75.7 Å². The molecule has 0 aromatic heterocycles. The largest absolute Gasteiger partial charge is 0.444 e. The summed E-state index contributed by atoms with van der Waals surface area (Å²) in [6.07, 6.45) is 10.3. The zero-order valence-corrected chi connectivity index (χ0v) is 24.2. The van der Waals surface area contributed by atoms with Gasteiger partial charge < -0.3 is 10.1 Å². The van der Waals surface area contributed by atoms with Crippen LogP contribution in [0.1, 0.15) is 84.4 Å². The summed E-state index contributed by atoms with van der Waals surface area (Å²) in [4.78, 5) is 40.2. The molecule has 1 aromatic carbocycles. The predicted octanol–water partition coefficient (Wildman–Crippen LogP) is 7.22. The Bertz CT molecular complexity index is 1230.